The van der Waals surface area contributed by atoms with Crippen LogP contribution in [0.25, 0.3) is 5.57 Å². The molecule has 4 nitrogen and oxygen atoms in total. The fraction of sp³-hybridized carbons (Fsp3) is 0.357. The average Bonchev–Trinajstić information content (AvgIpc) is 2.39. The summed E-state index contributed by atoms with van der Waals surface area (Å²) in [4.78, 5) is 4.22. The van der Waals surface area contributed by atoms with Crippen molar-refractivity contribution in [2.45, 2.75) is 32.3 Å². The predicted molar refractivity (Wildman–Crippen MR) is 87.3 cm³/mol. The predicted octanol–water partition coefficient (Wildman–Crippen LogP) is 4.48. The lowest BCUT2D eigenvalue weighted by molar-refractivity contribution is -0.0429. The van der Waals surface area contributed by atoms with Crippen molar-refractivity contribution in [3.05, 3.63) is 34.9 Å². The van der Waals surface area contributed by atoms with Crippen LogP contribution in [-0.2, 0) is 10.0 Å². The summed E-state index contributed by atoms with van der Waals surface area (Å²) >= 11 is 6.04. The first-order valence-electron chi connectivity index (χ1n) is 6.56. The van der Waals surface area contributed by atoms with Crippen molar-refractivity contribution in [1.29, 1.82) is 0 Å². The van der Waals surface area contributed by atoms with E-state index in [1.54, 1.807) is 19.2 Å². The second-order valence-electron chi connectivity index (χ2n) is 4.86. The minimum absolute atomic E-state index is 0.0709. The molecule has 0 bridgehead atoms. The highest BCUT2D eigenvalue weighted by Gasteiger charge is 2.46. The molecule has 1 rings (SSSR count). The maximum atomic E-state index is 12.3. The van der Waals surface area contributed by atoms with E-state index < -0.39 is 15.5 Å². The zero-order valence-corrected chi connectivity index (χ0v) is 14.2. The topological polar surface area (TPSA) is 58.5 Å². The Bertz CT molecular complexity index is 726. The van der Waals surface area contributed by atoms with Gasteiger partial charge in [-0.05, 0) is 38.5 Å². The number of allylic oxidation sites excluding steroid dienone is 2. The molecule has 0 aliphatic heterocycles. The Morgan fingerprint density at radius 2 is 1.96 bits per heavy atom. The highest BCUT2D eigenvalue weighted by Crippen LogP contribution is 2.30. The monoisotopic (exact) mass is 368 g/mol. The molecule has 0 aliphatic rings. The van der Waals surface area contributed by atoms with Gasteiger partial charge in [0, 0.05) is 17.8 Å². The molecule has 0 aliphatic carbocycles. The summed E-state index contributed by atoms with van der Waals surface area (Å²) in [6, 6.07) is 3.82. The number of halogens is 4. The van der Waals surface area contributed by atoms with Gasteiger partial charge in [0.25, 0.3) is 0 Å². The molecule has 0 saturated carbocycles. The van der Waals surface area contributed by atoms with Gasteiger partial charge in [0.15, 0.2) is 0 Å². The van der Waals surface area contributed by atoms with Crippen molar-refractivity contribution in [2.75, 3.05) is 4.72 Å². The van der Waals surface area contributed by atoms with Crippen LogP contribution in [0.2, 0.25) is 5.02 Å². The lowest BCUT2D eigenvalue weighted by Crippen LogP contribution is -2.29. The van der Waals surface area contributed by atoms with Crippen molar-refractivity contribution in [2.24, 2.45) is 4.99 Å². The standard InChI is InChI=1S/C14H16ClF3N2O2S/c1-4-10(8-19-9(2)3)12-6-5-11(7-13(12)15)20-23(21,22)14(16,17)18/h4-9,20H,1-3H3/b10-4+,19-8?. The normalized spacial score (nSPS) is 13.8. The SMILES string of the molecule is C/C=C(\C=NC(C)C)c1ccc(NS(=O)(=O)C(F)(F)F)cc1Cl. The quantitative estimate of drug-likeness (QED) is 0.779. The molecule has 1 aromatic rings. The molecule has 0 radical (unpaired) electrons. The molecule has 23 heavy (non-hydrogen) atoms. The van der Waals surface area contributed by atoms with Crippen molar-refractivity contribution in [1.82, 2.24) is 0 Å². The molecule has 1 N–H and O–H groups in total. The third kappa shape index (κ3) is 5.24. The number of aliphatic imine (C=N–C) groups is 1. The van der Waals surface area contributed by atoms with Crippen LogP contribution < -0.4 is 4.72 Å². The van der Waals surface area contributed by atoms with Gasteiger partial charge >= 0.3 is 15.5 Å². The first-order chi connectivity index (χ1) is 10.5. The van der Waals surface area contributed by atoms with Gasteiger partial charge in [-0.25, -0.2) is 0 Å². The molecule has 0 spiro atoms. The van der Waals surface area contributed by atoms with Crippen LogP contribution in [0.1, 0.15) is 26.3 Å². The summed E-state index contributed by atoms with van der Waals surface area (Å²) in [5.41, 5.74) is -4.45. The maximum absolute atomic E-state index is 12.3. The van der Waals surface area contributed by atoms with Crippen LogP contribution in [0.15, 0.2) is 29.3 Å². The number of hydrogen-bond donors (Lipinski definition) is 1. The van der Waals surface area contributed by atoms with Gasteiger partial charge in [-0.15, -0.1) is 0 Å². The Morgan fingerprint density at radius 1 is 1.35 bits per heavy atom. The largest absolute Gasteiger partial charge is 0.516 e. The van der Waals surface area contributed by atoms with E-state index in [0.717, 1.165) is 6.07 Å². The minimum atomic E-state index is -5.48. The summed E-state index contributed by atoms with van der Waals surface area (Å²) in [6.45, 7) is 5.54. The van der Waals surface area contributed by atoms with Gasteiger partial charge in [-0.2, -0.15) is 21.6 Å². The fourth-order valence-electron chi connectivity index (χ4n) is 1.55. The Labute approximate surface area is 138 Å². The van der Waals surface area contributed by atoms with E-state index in [2.05, 4.69) is 4.99 Å². The first-order valence-corrected chi connectivity index (χ1v) is 8.42. The van der Waals surface area contributed by atoms with Gasteiger partial charge in [0.05, 0.1) is 10.7 Å². The van der Waals surface area contributed by atoms with E-state index in [4.69, 9.17) is 11.6 Å². The Balaban J connectivity index is 3.13. The zero-order valence-electron chi connectivity index (χ0n) is 12.6. The molecule has 0 fully saturated rings. The van der Waals surface area contributed by atoms with Crippen LogP contribution >= 0.6 is 11.6 Å². The molecule has 128 valence electrons. The summed E-state index contributed by atoms with van der Waals surface area (Å²) in [5.74, 6) is 0. The van der Waals surface area contributed by atoms with Crippen LogP contribution in [-0.4, -0.2) is 26.2 Å². The molecule has 0 amide bonds. The molecule has 9 heteroatoms. The number of nitrogens with zero attached hydrogens (tertiary/aromatic N) is 1. The molecule has 0 unspecified atom stereocenters. The number of hydrogen-bond acceptors (Lipinski definition) is 3. The highest BCUT2D eigenvalue weighted by molar-refractivity contribution is 7.93. The Kier molecular flexibility index (Phi) is 6.24. The number of alkyl halides is 3. The highest BCUT2D eigenvalue weighted by atomic mass is 35.5. The smallest absolute Gasteiger partial charge is 0.290 e. The second-order valence-corrected chi connectivity index (χ2v) is 6.94. The van der Waals surface area contributed by atoms with Crippen molar-refractivity contribution in [3.63, 3.8) is 0 Å². The van der Waals surface area contributed by atoms with Crippen LogP contribution in [0.3, 0.4) is 0 Å². The second kappa shape index (κ2) is 7.35. The number of rotatable bonds is 5. The van der Waals surface area contributed by atoms with Crippen LogP contribution in [0.4, 0.5) is 18.9 Å². The number of benzene rings is 1. The fourth-order valence-corrected chi connectivity index (χ4v) is 2.40. The van der Waals surface area contributed by atoms with E-state index >= 15 is 0 Å². The average molecular weight is 369 g/mol. The third-order valence-corrected chi connectivity index (χ3v) is 4.09. The Morgan fingerprint density at radius 3 is 2.39 bits per heavy atom. The summed E-state index contributed by atoms with van der Waals surface area (Å²) in [7, 11) is -5.48. The minimum Gasteiger partial charge on any atom is -0.290 e. The van der Waals surface area contributed by atoms with Crippen LogP contribution in [0, 0.1) is 0 Å². The van der Waals surface area contributed by atoms with Gasteiger partial charge in [0.1, 0.15) is 0 Å². The zero-order chi connectivity index (χ0) is 17.8. The molecule has 1 aromatic carbocycles. The van der Waals surface area contributed by atoms with E-state index in [1.807, 2.05) is 13.8 Å². The number of anilines is 1. The molecular weight excluding hydrogens is 353 g/mol. The molecular formula is C14H16ClF3N2O2S. The molecule has 0 heterocycles. The van der Waals surface area contributed by atoms with Crippen molar-refractivity contribution in [3.8, 4) is 0 Å². The summed E-state index contributed by atoms with van der Waals surface area (Å²) < 4.78 is 60.6. The van der Waals surface area contributed by atoms with E-state index in [-0.39, 0.29) is 16.8 Å². The molecule has 0 aromatic heterocycles. The Hall–Kier alpha value is -1.54. The summed E-state index contributed by atoms with van der Waals surface area (Å²) in [6.07, 6.45) is 3.35. The lowest BCUT2D eigenvalue weighted by atomic mass is 10.1. The van der Waals surface area contributed by atoms with Gasteiger partial charge in [0.2, 0.25) is 0 Å². The molecule has 0 saturated heterocycles. The van der Waals surface area contributed by atoms with Gasteiger partial charge in [-0.1, -0.05) is 23.7 Å². The third-order valence-electron chi connectivity index (χ3n) is 2.66. The molecule has 0 atom stereocenters. The van der Waals surface area contributed by atoms with E-state index in [9.17, 15) is 21.6 Å². The van der Waals surface area contributed by atoms with Gasteiger partial charge in [-0.3, -0.25) is 9.71 Å². The van der Waals surface area contributed by atoms with Crippen molar-refractivity contribution < 1.29 is 21.6 Å². The number of sulfonamides is 1. The first kappa shape index (κ1) is 19.5. The lowest BCUT2D eigenvalue weighted by Gasteiger charge is -2.12. The van der Waals surface area contributed by atoms with Crippen LogP contribution in [0.5, 0.6) is 0 Å². The number of nitrogens with one attached hydrogen (secondary N) is 1. The summed E-state index contributed by atoms with van der Waals surface area (Å²) in [5, 5.41) is 0.107. The van der Waals surface area contributed by atoms with E-state index in [0.29, 0.717) is 11.1 Å². The maximum Gasteiger partial charge on any atom is 0.516 e. The van der Waals surface area contributed by atoms with Gasteiger partial charge < -0.3 is 0 Å². The van der Waals surface area contributed by atoms with E-state index in [1.165, 1.54) is 16.9 Å². The van der Waals surface area contributed by atoms with Crippen molar-refractivity contribution >= 4 is 39.1 Å².